The Labute approximate surface area is 187 Å². The Bertz CT molecular complexity index is 1230. The van der Waals surface area contributed by atoms with Gasteiger partial charge in [0, 0.05) is 5.56 Å². The molecule has 0 bridgehead atoms. The number of carbonyl (C=O) groups excluding carboxylic acids is 1. The maximum atomic E-state index is 13.8. The van der Waals surface area contributed by atoms with Crippen LogP contribution in [0.2, 0.25) is 0 Å². The number of anilines is 1. The minimum atomic E-state index is -0.173. The van der Waals surface area contributed by atoms with Crippen LogP contribution in [-0.4, -0.2) is 27.8 Å². The molecule has 160 valence electrons. The summed E-state index contributed by atoms with van der Waals surface area (Å²) < 4.78 is 7.18. The summed E-state index contributed by atoms with van der Waals surface area (Å²) >= 11 is 0. The van der Waals surface area contributed by atoms with E-state index in [1.807, 2.05) is 66.2 Å². The summed E-state index contributed by atoms with van der Waals surface area (Å²) in [6.45, 7) is 1.99. The fourth-order valence-electron chi connectivity index (χ4n) is 4.41. The minimum absolute atomic E-state index is 0.0508. The first-order valence-corrected chi connectivity index (χ1v) is 10.6. The van der Waals surface area contributed by atoms with Gasteiger partial charge in [-0.1, -0.05) is 60.2 Å². The third-order valence-corrected chi connectivity index (χ3v) is 5.99. The maximum absolute atomic E-state index is 13.8. The van der Waals surface area contributed by atoms with Gasteiger partial charge in [0.15, 0.2) is 0 Å². The van der Waals surface area contributed by atoms with Crippen LogP contribution in [0.4, 0.5) is 5.95 Å². The molecule has 6 nitrogen and oxygen atoms in total. The highest BCUT2D eigenvalue weighted by molar-refractivity contribution is 6.06. The van der Waals surface area contributed by atoms with E-state index in [1.54, 1.807) is 12.0 Å². The van der Waals surface area contributed by atoms with Crippen molar-refractivity contribution in [2.24, 2.45) is 0 Å². The molecule has 0 saturated heterocycles. The second-order valence-corrected chi connectivity index (χ2v) is 8.00. The zero-order chi connectivity index (χ0) is 22.1. The Morgan fingerprint density at radius 2 is 1.69 bits per heavy atom. The maximum Gasteiger partial charge on any atom is 0.261 e. The molecule has 0 aliphatic carbocycles. The molecule has 2 unspecified atom stereocenters. The number of amides is 1. The predicted molar refractivity (Wildman–Crippen MR) is 123 cm³/mol. The molecule has 5 rings (SSSR count). The van der Waals surface area contributed by atoms with E-state index < -0.39 is 0 Å². The number of aryl methyl sites for hydroxylation is 1. The third kappa shape index (κ3) is 3.54. The molecule has 1 aromatic heterocycles. The molecule has 1 aliphatic heterocycles. The third-order valence-electron chi connectivity index (χ3n) is 5.99. The van der Waals surface area contributed by atoms with Crippen molar-refractivity contribution in [3.05, 3.63) is 107 Å². The number of benzene rings is 3. The summed E-state index contributed by atoms with van der Waals surface area (Å²) in [5.41, 5.74) is 3.85. The standard InChI is InChI=1S/C26H24N4O2/c1-18-7-6-10-21(15-18)25(31)29-23(19-8-4-3-5-9-19)16-24(30-26(29)27-17-28-30)20-11-13-22(32-2)14-12-20/h3-15,17,23-24H,16H2,1-2H3. The van der Waals surface area contributed by atoms with E-state index in [9.17, 15) is 4.79 Å². The van der Waals surface area contributed by atoms with Gasteiger partial charge in [-0.15, -0.1) is 0 Å². The number of ether oxygens (including phenoxy) is 1. The smallest absolute Gasteiger partial charge is 0.261 e. The highest BCUT2D eigenvalue weighted by Crippen LogP contribution is 2.42. The van der Waals surface area contributed by atoms with Gasteiger partial charge in [-0.25, -0.2) is 4.68 Å². The van der Waals surface area contributed by atoms with E-state index in [0.717, 1.165) is 22.4 Å². The number of aromatic nitrogens is 3. The molecule has 4 aromatic rings. The summed E-state index contributed by atoms with van der Waals surface area (Å²) in [7, 11) is 1.66. The highest BCUT2D eigenvalue weighted by Gasteiger charge is 2.39. The number of hydrogen-bond acceptors (Lipinski definition) is 4. The number of nitrogens with zero attached hydrogens (tertiary/aromatic N) is 4. The lowest BCUT2D eigenvalue weighted by molar-refractivity contribution is 0.0963. The molecule has 2 atom stereocenters. The number of hydrogen-bond donors (Lipinski definition) is 0. The summed E-state index contributed by atoms with van der Waals surface area (Å²) in [6.07, 6.45) is 2.21. The summed E-state index contributed by atoms with van der Waals surface area (Å²) in [5.74, 6) is 1.28. The predicted octanol–water partition coefficient (Wildman–Crippen LogP) is 4.98. The number of carbonyl (C=O) groups is 1. The average Bonchev–Trinajstić information content (AvgIpc) is 3.33. The van der Waals surface area contributed by atoms with Crippen LogP contribution in [0.3, 0.4) is 0 Å². The van der Waals surface area contributed by atoms with Crippen molar-refractivity contribution in [3.63, 3.8) is 0 Å². The lowest BCUT2D eigenvalue weighted by Crippen LogP contribution is -2.42. The van der Waals surface area contributed by atoms with E-state index in [2.05, 4.69) is 34.3 Å². The van der Waals surface area contributed by atoms with E-state index >= 15 is 0 Å². The normalized spacial score (nSPS) is 17.6. The van der Waals surface area contributed by atoms with Gasteiger partial charge in [-0.2, -0.15) is 10.1 Å². The van der Waals surface area contributed by atoms with Gasteiger partial charge in [-0.3, -0.25) is 9.69 Å². The van der Waals surface area contributed by atoms with Crippen molar-refractivity contribution in [2.45, 2.75) is 25.4 Å². The minimum Gasteiger partial charge on any atom is -0.497 e. The van der Waals surface area contributed by atoms with Gasteiger partial charge >= 0.3 is 0 Å². The second-order valence-electron chi connectivity index (χ2n) is 8.00. The van der Waals surface area contributed by atoms with E-state index in [1.165, 1.54) is 6.33 Å². The Morgan fingerprint density at radius 1 is 0.938 bits per heavy atom. The van der Waals surface area contributed by atoms with Crippen LogP contribution in [0.1, 0.15) is 45.6 Å². The lowest BCUT2D eigenvalue weighted by atomic mass is 9.91. The fourth-order valence-corrected chi connectivity index (χ4v) is 4.41. The monoisotopic (exact) mass is 424 g/mol. The Morgan fingerprint density at radius 3 is 2.41 bits per heavy atom. The lowest BCUT2D eigenvalue weighted by Gasteiger charge is -2.39. The van der Waals surface area contributed by atoms with Crippen LogP contribution in [-0.2, 0) is 0 Å². The number of rotatable bonds is 4. The zero-order valence-electron chi connectivity index (χ0n) is 18.1. The van der Waals surface area contributed by atoms with E-state index in [0.29, 0.717) is 17.9 Å². The van der Waals surface area contributed by atoms with Gasteiger partial charge in [0.05, 0.1) is 19.2 Å². The van der Waals surface area contributed by atoms with Crippen molar-refractivity contribution in [1.29, 1.82) is 0 Å². The summed E-state index contributed by atoms with van der Waals surface area (Å²) in [5, 5.41) is 4.51. The van der Waals surface area contributed by atoms with Crippen LogP contribution >= 0.6 is 0 Å². The van der Waals surface area contributed by atoms with Crippen LogP contribution < -0.4 is 9.64 Å². The largest absolute Gasteiger partial charge is 0.497 e. The van der Waals surface area contributed by atoms with Crippen LogP contribution in [0.5, 0.6) is 5.75 Å². The first-order chi connectivity index (χ1) is 15.7. The second kappa shape index (κ2) is 8.30. The molecule has 6 heteroatoms. The van der Waals surface area contributed by atoms with E-state index in [4.69, 9.17) is 4.74 Å². The molecule has 0 N–H and O–H groups in total. The molecule has 3 aromatic carbocycles. The van der Waals surface area contributed by atoms with Crippen molar-refractivity contribution in [1.82, 2.24) is 14.8 Å². The average molecular weight is 425 g/mol. The van der Waals surface area contributed by atoms with Gasteiger partial charge in [0.25, 0.3) is 5.91 Å². The molecular formula is C26H24N4O2. The van der Waals surface area contributed by atoms with Crippen LogP contribution in [0.15, 0.2) is 85.2 Å². The fraction of sp³-hybridized carbons (Fsp3) is 0.192. The highest BCUT2D eigenvalue weighted by atomic mass is 16.5. The van der Waals surface area contributed by atoms with E-state index in [-0.39, 0.29) is 18.0 Å². The molecular weight excluding hydrogens is 400 g/mol. The van der Waals surface area contributed by atoms with Gasteiger partial charge in [0.2, 0.25) is 5.95 Å². The molecule has 1 amide bonds. The van der Waals surface area contributed by atoms with Gasteiger partial charge < -0.3 is 4.74 Å². The van der Waals surface area contributed by atoms with Crippen molar-refractivity contribution >= 4 is 11.9 Å². The van der Waals surface area contributed by atoms with Crippen molar-refractivity contribution < 1.29 is 9.53 Å². The first kappa shape index (κ1) is 20.0. The molecule has 0 spiro atoms. The molecule has 2 heterocycles. The molecule has 0 saturated carbocycles. The quantitative estimate of drug-likeness (QED) is 0.464. The molecule has 32 heavy (non-hydrogen) atoms. The first-order valence-electron chi connectivity index (χ1n) is 10.6. The molecule has 0 radical (unpaired) electrons. The summed E-state index contributed by atoms with van der Waals surface area (Å²) in [4.78, 5) is 20.1. The Balaban J connectivity index is 1.63. The SMILES string of the molecule is COc1ccc(C2CC(c3ccccc3)N(C(=O)c3cccc(C)c3)c3ncnn32)cc1. The zero-order valence-corrected chi connectivity index (χ0v) is 18.1. The number of methoxy groups -OCH3 is 1. The Hall–Kier alpha value is -3.93. The van der Waals surface area contributed by atoms with Crippen molar-refractivity contribution in [3.8, 4) is 5.75 Å². The van der Waals surface area contributed by atoms with Crippen LogP contribution in [0, 0.1) is 6.92 Å². The van der Waals surface area contributed by atoms with Gasteiger partial charge in [0.1, 0.15) is 12.1 Å². The summed E-state index contributed by atoms with van der Waals surface area (Å²) in [6, 6.07) is 25.6. The molecule has 0 fully saturated rings. The Kier molecular flexibility index (Phi) is 5.19. The van der Waals surface area contributed by atoms with Crippen molar-refractivity contribution in [2.75, 3.05) is 12.0 Å². The number of fused-ring (bicyclic) bond motifs is 1. The molecule has 1 aliphatic rings. The van der Waals surface area contributed by atoms with Gasteiger partial charge in [-0.05, 0) is 48.7 Å². The topological polar surface area (TPSA) is 60.2 Å². The van der Waals surface area contributed by atoms with Crippen LogP contribution in [0.25, 0.3) is 0 Å².